The second kappa shape index (κ2) is 7.50. The van der Waals surface area contributed by atoms with Crippen molar-refractivity contribution >= 4 is 11.8 Å². The van der Waals surface area contributed by atoms with Gasteiger partial charge in [0.2, 0.25) is 5.91 Å². The number of hydrogen-bond acceptors (Lipinski definition) is 3. The molecule has 0 aliphatic heterocycles. The number of hydrogen-bond donors (Lipinski definition) is 0. The van der Waals surface area contributed by atoms with E-state index in [4.69, 9.17) is 0 Å². The zero-order valence-electron chi connectivity index (χ0n) is 13.0. The van der Waals surface area contributed by atoms with Crippen LogP contribution in [0, 0.1) is 0 Å². The molecule has 0 N–H and O–H groups in total. The molecule has 0 bridgehead atoms. The first-order valence-corrected chi connectivity index (χ1v) is 7.53. The lowest BCUT2D eigenvalue weighted by Crippen LogP contribution is -2.37. The zero-order chi connectivity index (χ0) is 15.9. The standard InChI is InChI=1S/C18H20N2O2/c1-3-13-20(17(21)4-2)18(22)15-10-8-14(9-11-15)16-7-5-6-12-19-16/h5-12H,3-4,13H2,1-2H3. The van der Waals surface area contributed by atoms with E-state index in [0.717, 1.165) is 17.7 Å². The van der Waals surface area contributed by atoms with Crippen molar-refractivity contribution in [1.29, 1.82) is 0 Å². The van der Waals surface area contributed by atoms with Crippen molar-refractivity contribution in [1.82, 2.24) is 9.88 Å². The number of rotatable bonds is 5. The Balaban J connectivity index is 2.22. The fourth-order valence-electron chi connectivity index (χ4n) is 2.23. The van der Waals surface area contributed by atoms with Crippen molar-refractivity contribution in [2.24, 2.45) is 0 Å². The van der Waals surface area contributed by atoms with E-state index in [-0.39, 0.29) is 11.8 Å². The summed E-state index contributed by atoms with van der Waals surface area (Å²) in [6.45, 7) is 4.17. The van der Waals surface area contributed by atoms with Crippen molar-refractivity contribution in [3.05, 3.63) is 54.2 Å². The second-order valence-corrected chi connectivity index (χ2v) is 5.00. The number of pyridine rings is 1. The van der Waals surface area contributed by atoms with Gasteiger partial charge >= 0.3 is 0 Å². The first-order valence-electron chi connectivity index (χ1n) is 7.53. The maximum Gasteiger partial charge on any atom is 0.260 e. The Bertz CT molecular complexity index is 636. The summed E-state index contributed by atoms with van der Waals surface area (Å²) >= 11 is 0. The molecule has 0 fully saturated rings. The molecule has 4 heteroatoms. The maximum absolute atomic E-state index is 12.5. The van der Waals surface area contributed by atoms with Crippen molar-refractivity contribution in [2.45, 2.75) is 26.7 Å². The third kappa shape index (κ3) is 3.58. The SMILES string of the molecule is CCCN(C(=O)CC)C(=O)c1ccc(-c2ccccn2)cc1. The van der Waals surface area contributed by atoms with Crippen LogP contribution in [0.1, 0.15) is 37.0 Å². The fraction of sp³-hybridized carbons (Fsp3) is 0.278. The highest BCUT2D eigenvalue weighted by Crippen LogP contribution is 2.18. The molecule has 114 valence electrons. The van der Waals surface area contributed by atoms with Gasteiger partial charge in [0.1, 0.15) is 0 Å². The number of benzene rings is 1. The Morgan fingerprint density at radius 1 is 1.05 bits per heavy atom. The highest BCUT2D eigenvalue weighted by Gasteiger charge is 2.20. The molecule has 2 rings (SSSR count). The normalized spacial score (nSPS) is 10.3. The Labute approximate surface area is 130 Å². The van der Waals surface area contributed by atoms with Gasteiger partial charge < -0.3 is 0 Å². The number of imide groups is 1. The van der Waals surface area contributed by atoms with Gasteiger partial charge in [0.15, 0.2) is 0 Å². The van der Waals surface area contributed by atoms with E-state index in [1.807, 2.05) is 37.3 Å². The summed E-state index contributed by atoms with van der Waals surface area (Å²) in [6.07, 6.45) is 2.82. The summed E-state index contributed by atoms with van der Waals surface area (Å²) in [5.74, 6) is -0.373. The van der Waals surface area contributed by atoms with E-state index in [2.05, 4.69) is 4.98 Å². The van der Waals surface area contributed by atoms with Gasteiger partial charge in [-0.2, -0.15) is 0 Å². The molecule has 0 radical (unpaired) electrons. The monoisotopic (exact) mass is 296 g/mol. The third-order valence-electron chi connectivity index (χ3n) is 3.39. The van der Waals surface area contributed by atoms with Gasteiger partial charge in [-0.25, -0.2) is 0 Å². The van der Waals surface area contributed by atoms with Gasteiger partial charge in [-0.05, 0) is 30.7 Å². The van der Waals surface area contributed by atoms with E-state index in [1.54, 1.807) is 25.3 Å². The van der Waals surface area contributed by atoms with Crippen LogP contribution in [0.15, 0.2) is 48.7 Å². The van der Waals surface area contributed by atoms with Crippen LogP contribution < -0.4 is 0 Å². The fourth-order valence-corrected chi connectivity index (χ4v) is 2.23. The summed E-state index contributed by atoms with van der Waals surface area (Å²) < 4.78 is 0. The minimum atomic E-state index is -0.235. The Morgan fingerprint density at radius 2 is 1.77 bits per heavy atom. The lowest BCUT2D eigenvalue weighted by Gasteiger charge is -2.19. The van der Waals surface area contributed by atoms with Crippen LogP contribution >= 0.6 is 0 Å². The van der Waals surface area contributed by atoms with Crippen LogP contribution in [0.2, 0.25) is 0 Å². The summed E-state index contributed by atoms with van der Waals surface area (Å²) in [5, 5.41) is 0. The van der Waals surface area contributed by atoms with E-state index in [1.165, 1.54) is 4.90 Å². The van der Waals surface area contributed by atoms with Crippen LogP contribution in [0.25, 0.3) is 11.3 Å². The Kier molecular flexibility index (Phi) is 5.42. The van der Waals surface area contributed by atoms with Crippen molar-refractivity contribution in [2.75, 3.05) is 6.54 Å². The molecule has 0 aliphatic carbocycles. The van der Waals surface area contributed by atoms with Crippen LogP contribution in [0.3, 0.4) is 0 Å². The molecule has 0 saturated heterocycles. The summed E-state index contributed by atoms with van der Waals surface area (Å²) in [6, 6.07) is 12.9. The van der Waals surface area contributed by atoms with Gasteiger partial charge in [0.05, 0.1) is 5.69 Å². The molecule has 0 saturated carbocycles. The zero-order valence-corrected chi connectivity index (χ0v) is 13.0. The highest BCUT2D eigenvalue weighted by molar-refractivity contribution is 6.04. The first-order chi connectivity index (χ1) is 10.7. The first kappa shape index (κ1) is 15.9. The molecule has 0 spiro atoms. The third-order valence-corrected chi connectivity index (χ3v) is 3.39. The molecule has 2 amide bonds. The van der Waals surface area contributed by atoms with Gasteiger partial charge in [-0.15, -0.1) is 0 Å². The second-order valence-electron chi connectivity index (χ2n) is 5.00. The molecule has 0 aliphatic rings. The molecule has 1 aromatic carbocycles. The minimum absolute atomic E-state index is 0.138. The molecule has 0 unspecified atom stereocenters. The lowest BCUT2D eigenvalue weighted by atomic mass is 10.1. The van der Waals surface area contributed by atoms with E-state index < -0.39 is 0 Å². The topological polar surface area (TPSA) is 50.3 Å². The van der Waals surface area contributed by atoms with Gasteiger partial charge in [-0.3, -0.25) is 19.5 Å². The highest BCUT2D eigenvalue weighted by atomic mass is 16.2. The smallest absolute Gasteiger partial charge is 0.260 e. The average Bonchev–Trinajstić information content (AvgIpc) is 2.59. The largest absolute Gasteiger partial charge is 0.279 e. The number of amides is 2. The molecule has 1 aromatic heterocycles. The number of nitrogens with zero attached hydrogens (tertiary/aromatic N) is 2. The maximum atomic E-state index is 12.5. The molecule has 0 atom stereocenters. The van der Waals surface area contributed by atoms with Crippen LogP contribution in [-0.2, 0) is 4.79 Å². The molecular formula is C18H20N2O2. The van der Waals surface area contributed by atoms with E-state index in [9.17, 15) is 9.59 Å². The number of carbonyl (C=O) groups is 2. The summed E-state index contributed by atoms with van der Waals surface area (Å²) in [5.41, 5.74) is 2.33. The molecule has 1 heterocycles. The van der Waals surface area contributed by atoms with Crippen molar-refractivity contribution < 1.29 is 9.59 Å². The van der Waals surface area contributed by atoms with Crippen molar-refractivity contribution in [3.8, 4) is 11.3 Å². The predicted molar refractivity (Wildman–Crippen MR) is 86.3 cm³/mol. The molecule has 2 aromatic rings. The van der Waals surface area contributed by atoms with Crippen LogP contribution in [0.4, 0.5) is 0 Å². The van der Waals surface area contributed by atoms with E-state index >= 15 is 0 Å². The Morgan fingerprint density at radius 3 is 2.32 bits per heavy atom. The molecule has 22 heavy (non-hydrogen) atoms. The van der Waals surface area contributed by atoms with Gasteiger partial charge in [-0.1, -0.05) is 32.0 Å². The van der Waals surface area contributed by atoms with E-state index in [0.29, 0.717) is 18.5 Å². The predicted octanol–water partition coefficient (Wildman–Crippen LogP) is 3.54. The van der Waals surface area contributed by atoms with Crippen LogP contribution in [-0.4, -0.2) is 28.2 Å². The Hall–Kier alpha value is -2.49. The summed E-state index contributed by atoms with van der Waals surface area (Å²) in [7, 11) is 0. The molecular weight excluding hydrogens is 276 g/mol. The van der Waals surface area contributed by atoms with Gasteiger partial charge in [0, 0.05) is 30.3 Å². The van der Waals surface area contributed by atoms with Crippen LogP contribution in [0.5, 0.6) is 0 Å². The average molecular weight is 296 g/mol. The number of carbonyl (C=O) groups excluding carboxylic acids is 2. The van der Waals surface area contributed by atoms with Gasteiger partial charge in [0.25, 0.3) is 5.91 Å². The summed E-state index contributed by atoms with van der Waals surface area (Å²) in [4.78, 5) is 30.0. The van der Waals surface area contributed by atoms with Crippen molar-refractivity contribution in [3.63, 3.8) is 0 Å². The quantitative estimate of drug-likeness (QED) is 0.848. The number of aromatic nitrogens is 1. The lowest BCUT2D eigenvalue weighted by molar-refractivity contribution is -0.128. The molecule has 4 nitrogen and oxygen atoms in total. The minimum Gasteiger partial charge on any atom is -0.279 e.